The van der Waals surface area contributed by atoms with E-state index in [-0.39, 0.29) is 18.6 Å². The van der Waals surface area contributed by atoms with Gasteiger partial charge < -0.3 is 15.2 Å². The maximum Gasteiger partial charge on any atom is 0.324 e. The fraction of sp³-hybridized carbons (Fsp3) is 0.800. The fourth-order valence-electron chi connectivity index (χ4n) is 1.17. The lowest BCUT2D eigenvalue weighted by Gasteiger charge is -2.36. The van der Waals surface area contributed by atoms with Gasteiger partial charge in [-0.05, 0) is 5.41 Å². The van der Waals surface area contributed by atoms with Crippen LogP contribution in [0, 0.1) is 10.8 Å². The third-order valence-electron chi connectivity index (χ3n) is 2.32. The summed E-state index contributed by atoms with van der Waals surface area (Å²) in [5.41, 5.74) is -1.41. The maximum atomic E-state index is 11.7. The number of ether oxygens (including phenoxy) is 1. The highest BCUT2D eigenvalue weighted by Gasteiger charge is 2.53. The van der Waals surface area contributed by atoms with Gasteiger partial charge in [0.25, 0.3) is 0 Å². The predicted octanol–water partition coefficient (Wildman–Crippen LogP) is 0.250. The zero-order valence-electron chi connectivity index (χ0n) is 9.29. The molecule has 0 aromatic carbocycles. The molecule has 1 aliphatic heterocycles. The van der Waals surface area contributed by atoms with Gasteiger partial charge in [0.1, 0.15) is 0 Å². The molecule has 0 bridgehead atoms. The van der Waals surface area contributed by atoms with Crippen LogP contribution in [0.25, 0.3) is 0 Å². The summed E-state index contributed by atoms with van der Waals surface area (Å²) in [5, 5.41) is 11.6. The van der Waals surface area contributed by atoms with Crippen molar-refractivity contribution in [1.29, 1.82) is 0 Å². The molecule has 1 fully saturated rings. The number of carbonyl (C=O) groups is 2. The monoisotopic (exact) mass is 215 g/mol. The maximum absolute atomic E-state index is 11.7. The highest BCUT2D eigenvalue weighted by molar-refractivity contribution is 6.03. The first-order valence-electron chi connectivity index (χ1n) is 4.87. The van der Waals surface area contributed by atoms with Crippen molar-refractivity contribution in [2.24, 2.45) is 10.8 Å². The van der Waals surface area contributed by atoms with Crippen molar-refractivity contribution in [3.8, 4) is 0 Å². The third-order valence-corrected chi connectivity index (χ3v) is 2.32. The smallest absolute Gasteiger partial charge is 0.324 e. The number of hydrogen-bond donors (Lipinski definition) is 2. The average Bonchev–Trinajstić information content (AvgIpc) is 1.96. The van der Waals surface area contributed by atoms with Crippen LogP contribution in [0.15, 0.2) is 0 Å². The van der Waals surface area contributed by atoms with Crippen LogP contribution in [0.2, 0.25) is 0 Å². The molecule has 0 radical (unpaired) electrons. The molecular formula is C10H17NO4. The number of hydrogen-bond acceptors (Lipinski definition) is 3. The second-order valence-corrected chi connectivity index (χ2v) is 5.12. The van der Waals surface area contributed by atoms with Gasteiger partial charge >= 0.3 is 5.97 Å². The van der Waals surface area contributed by atoms with E-state index in [1.165, 1.54) is 0 Å². The average molecular weight is 215 g/mol. The molecule has 1 amide bonds. The Hall–Kier alpha value is -1.10. The van der Waals surface area contributed by atoms with Gasteiger partial charge in [-0.15, -0.1) is 0 Å². The predicted molar refractivity (Wildman–Crippen MR) is 53.4 cm³/mol. The van der Waals surface area contributed by atoms with Gasteiger partial charge in [-0.3, -0.25) is 9.59 Å². The molecule has 0 aromatic heterocycles. The van der Waals surface area contributed by atoms with Gasteiger partial charge in [-0.1, -0.05) is 20.8 Å². The van der Waals surface area contributed by atoms with Crippen LogP contribution in [0.5, 0.6) is 0 Å². The van der Waals surface area contributed by atoms with E-state index in [0.29, 0.717) is 6.54 Å². The van der Waals surface area contributed by atoms with E-state index < -0.39 is 17.3 Å². The summed E-state index contributed by atoms with van der Waals surface area (Å²) in [6.45, 7) is 6.31. The zero-order chi connectivity index (χ0) is 11.7. The molecule has 0 saturated carbocycles. The number of carboxylic acid groups (broad SMARTS) is 1. The number of amides is 1. The Morgan fingerprint density at radius 2 is 1.93 bits per heavy atom. The van der Waals surface area contributed by atoms with Crippen molar-refractivity contribution in [3.05, 3.63) is 0 Å². The lowest BCUT2D eigenvalue weighted by Crippen LogP contribution is -2.59. The molecule has 0 unspecified atom stereocenters. The van der Waals surface area contributed by atoms with Crippen LogP contribution >= 0.6 is 0 Å². The molecule has 1 aliphatic rings. The summed E-state index contributed by atoms with van der Waals surface area (Å²) in [5.74, 6) is -1.56. The minimum Gasteiger partial charge on any atom is -0.480 e. The summed E-state index contributed by atoms with van der Waals surface area (Å²) in [6, 6.07) is 0. The lowest BCUT2D eigenvalue weighted by atomic mass is 9.84. The molecule has 1 saturated heterocycles. The Morgan fingerprint density at radius 3 is 2.20 bits per heavy atom. The molecule has 5 nitrogen and oxygen atoms in total. The third kappa shape index (κ3) is 2.47. The number of carbonyl (C=O) groups excluding carboxylic acids is 1. The van der Waals surface area contributed by atoms with Gasteiger partial charge in [-0.2, -0.15) is 0 Å². The molecular weight excluding hydrogens is 198 g/mol. The Bertz CT molecular complexity index is 276. The first kappa shape index (κ1) is 12.0. The van der Waals surface area contributed by atoms with Crippen molar-refractivity contribution in [2.45, 2.75) is 20.8 Å². The second kappa shape index (κ2) is 3.81. The van der Waals surface area contributed by atoms with Crippen molar-refractivity contribution in [3.63, 3.8) is 0 Å². The minimum atomic E-state index is -1.36. The second-order valence-electron chi connectivity index (χ2n) is 5.12. The van der Waals surface area contributed by atoms with Crippen LogP contribution < -0.4 is 5.32 Å². The normalized spacial score (nSPS) is 19.1. The first-order chi connectivity index (χ1) is 6.78. The van der Waals surface area contributed by atoms with Crippen molar-refractivity contribution in [2.75, 3.05) is 19.8 Å². The Kier molecular flexibility index (Phi) is 3.04. The molecule has 0 aliphatic carbocycles. The van der Waals surface area contributed by atoms with Crippen molar-refractivity contribution < 1.29 is 19.4 Å². The molecule has 1 heterocycles. The minimum absolute atomic E-state index is 0.0295. The largest absolute Gasteiger partial charge is 0.480 e. The number of aliphatic carboxylic acids is 1. The summed E-state index contributed by atoms with van der Waals surface area (Å²) < 4.78 is 4.81. The van der Waals surface area contributed by atoms with Gasteiger partial charge in [0.2, 0.25) is 5.91 Å². The van der Waals surface area contributed by atoms with Crippen LogP contribution in [0.1, 0.15) is 20.8 Å². The standard InChI is InChI=1S/C10H17NO4/c1-9(2,3)4-11-7(12)10(8(13)14)5-15-6-10/h4-6H2,1-3H3,(H,11,12)(H,13,14). The van der Waals surface area contributed by atoms with E-state index in [1.54, 1.807) is 0 Å². The van der Waals surface area contributed by atoms with Gasteiger partial charge in [0, 0.05) is 6.54 Å². The van der Waals surface area contributed by atoms with E-state index in [1.807, 2.05) is 20.8 Å². The van der Waals surface area contributed by atoms with Gasteiger partial charge in [0.05, 0.1) is 13.2 Å². The first-order valence-corrected chi connectivity index (χ1v) is 4.87. The topological polar surface area (TPSA) is 75.6 Å². The van der Waals surface area contributed by atoms with Crippen molar-refractivity contribution in [1.82, 2.24) is 5.32 Å². The molecule has 0 atom stereocenters. The SMILES string of the molecule is CC(C)(C)CNC(=O)C1(C(=O)O)COC1. The fourth-order valence-corrected chi connectivity index (χ4v) is 1.17. The van der Waals surface area contributed by atoms with E-state index in [2.05, 4.69) is 5.32 Å². The van der Waals surface area contributed by atoms with Crippen LogP contribution in [0.4, 0.5) is 0 Å². The van der Waals surface area contributed by atoms with E-state index >= 15 is 0 Å². The Morgan fingerprint density at radius 1 is 1.40 bits per heavy atom. The highest BCUT2D eigenvalue weighted by Crippen LogP contribution is 2.28. The van der Waals surface area contributed by atoms with E-state index in [0.717, 1.165) is 0 Å². The van der Waals surface area contributed by atoms with Crippen LogP contribution in [-0.2, 0) is 14.3 Å². The number of carboxylic acids is 1. The zero-order valence-corrected chi connectivity index (χ0v) is 9.29. The van der Waals surface area contributed by atoms with Crippen LogP contribution in [0.3, 0.4) is 0 Å². The molecule has 1 rings (SSSR count). The summed E-state index contributed by atoms with van der Waals surface area (Å²) in [6.07, 6.45) is 0. The number of rotatable bonds is 3. The van der Waals surface area contributed by atoms with E-state index in [9.17, 15) is 9.59 Å². The Labute approximate surface area is 88.8 Å². The van der Waals surface area contributed by atoms with Crippen molar-refractivity contribution >= 4 is 11.9 Å². The number of nitrogens with one attached hydrogen (secondary N) is 1. The van der Waals surface area contributed by atoms with Gasteiger partial charge in [-0.25, -0.2) is 0 Å². The molecule has 0 spiro atoms. The molecule has 5 heteroatoms. The summed E-state index contributed by atoms with van der Waals surface area (Å²) >= 11 is 0. The van der Waals surface area contributed by atoms with E-state index in [4.69, 9.17) is 9.84 Å². The Balaban J connectivity index is 2.56. The molecule has 86 valence electrons. The van der Waals surface area contributed by atoms with Gasteiger partial charge in [0.15, 0.2) is 5.41 Å². The molecule has 0 aromatic rings. The lowest BCUT2D eigenvalue weighted by molar-refractivity contribution is -0.185. The molecule has 2 N–H and O–H groups in total. The summed E-state index contributed by atoms with van der Waals surface area (Å²) in [4.78, 5) is 22.6. The molecule has 15 heavy (non-hydrogen) atoms. The van der Waals surface area contributed by atoms with Crippen LogP contribution in [-0.4, -0.2) is 36.7 Å². The highest BCUT2D eigenvalue weighted by atomic mass is 16.5. The quantitative estimate of drug-likeness (QED) is 0.662. The summed E-state index contributed by atoms with van der Waals surface area (Å²) in [7, 11) is 0.